The second-order valence-corrected chi connectivity index (χ2v) is 2.26. The molecule has 76 valence electrons. The molecule has 0 spiro atoms. The van der Waals surface area contributed by atoms with Gasteiger partial charge >= 0.3 is 0 Å². The van der Waals surface area contributed by atoms with E-state index in [-0.39, 0.29) is 23.4 Å². The molecule has 0 amide bonds. The van der Waals surface area contributed by atoms with E-state index in [9.17, 15) is 0 Å². The van der Waals surface area contributed by atoms with E-state index in [0.717, 1.165) is 0 Å². The lowest BCUT2D eigenvalue weighted by atomic mass is 10.5. The van der Waals surface area contributed by atoms with Crippen molar-refractivity contribution in [3.63, 3.8) is 0 Å². The maximum absolute atomic E-state index is 8.42. The quantitative estimate of drug-likeness (QED) is 0.296. The summed E-state index contributed by atoms with van der Waals surface area (Å²) in [6.07, 6.45) is 0. The number of amidine groups is 1. The van der Waals surface area contributed by atoms with Crippen LogP contribution in [0.3, 0.4) is 0 Å². The van der Waals surface area contributed by atoms with Crippen LogP contribution in [0.2, 0.25) is 0 Å². The molecular formula is C7H10N4O3. The maximum atomic E-state index is 8.42. The summed E-state index contributed by atoms with van der Waals surface area (Å²) in [6.45, 7) is 0. The topological polar surface area (TPSA) is 103 Å². The van der Waals surface area contributed by atoms with Crippen LogP contribution in [0.4, 0.5) is 0 Å². The largest absolute Gasteiger partial charge is 0.481 e. The molecule has 1 aromatic heterocycles. The first-order valence-corrected chi connectivity index (χ1v) is 3.66. The highest BCUT2D eigenvalue weighted by Crippen LogP contribution is 2.14. The van der Waals surface area contributed by atoms with Crippen LogP contribution in [-0.2, 0) is 0 Å². The molecule has 14 heavy (non-hydrogen) atoms. The Balaban J connectivity index is 3.17. The number of hydrogen-bond donors (Lipinski definition) is 2. The molecule has 0 saturated carbocycles. The zero-order valence-corrected chi connectivity index (χ0v) is 7.76. The Labute approximate surface area is 80.2 Å². The van der Waals surface area contributed by atoms with Gasteiger partial charge in [-0.3, -0.25) is 0 Å². The van der Waals surface area contributed by atoms with Gasteiger partial charge in [0.1, 0.15) is 0 Å². The van der Waals surface area contributed by atoms with Crippen LogP contribution in [-0.4, -0.2) is 35.2 Å². The number of nitrogens with two attached hydrogens (primary N) is 1. The normalized spacial score (nSPS) is 11.1. The maximum Gasteiger partial charge on any atom is 0.220 e. The van der Waals surface area contributed by atoms with Gasteiger partial charge < -0.3 is 20.4 Å². The van der Waals surface area contributed by atoms with Crippen LogP contribution in [0.15, 0.2) is 11.2 Å². The molecule has 7 nitrogen and oxygen atoms in total. The molecule has 0 radical (unpaired) electrons. The minimum Gasteiger partial charge on any atom is -0.481 e. The van der Waals surface area contributed by atoms with E-state index in [1.54, 1.807) is 0 Å². The monoisotopic (exact) mass is 198 g/mol. The predicted molar refractivity (Wildman–Crippen MR) is 47.6 cm³/mol. The number of aromatic nitrogens is 2. The molecule has 0 aliphatic heterocycles. The molecule has 0 atom stereocenters. The predicted octanol–water partition coefficient (Wildman–Crippen LogP) is -0.412. The summed E-state index contributed by atoms with van der Waals surface area (Å²) in [5, 5.41) is 11.2. The zero-order chi connectivity index (χ0) is 10.6. The fourth-order valence-electron chi connectivity index (χ4n) is 0.772. The molecule has 0 aliphatic rings. The summed E-state index contributed by atoms with van der Waals surface area (Å²) in [6, 6.07) is 1.48. The lowest BCUT2D eigenvalue weighted by Crippen LogP contribution is -2.17. The first-order valence-electron chi connectivity index (χ1n) is 3.66. The van der Waals surface area contributed by atoms with Gasteiger partial charge in [-0.05, 0) is 0 Å². The Hall–Kier alpha value is -2.05. The summed E-state index contributed by atoms with van der Waals surface area (Å²) in [4.78, 5) is 7.68. The Morgan fingerprint density at radius 1 is 1.36 bits per heavy atom. The zero-order valence-electron chi connectivity index (χ0n) is 7.76. The first kappa shape index (κ1) is 10.0. The van der Waals surface area contributed by atoms with Gasteiger partial charge in [-0.2, -0.15) is 9.97 Å². The molecule has 7 heteroatoms. The molecule has 0 saturated heterocycles. The Morgan fingerprint density at radius 2 is 1.86 bits per heavy atom. The molecule has 1 rings (SSSR count). The summed E-state index contributed by atoms with van der Waals surface area (Å²) >= 11 is 0. The van der Waals surface area contributed by atoms with E-state index in [1.807, 2.05) is 0 Å². The summed E-state index contributed by atoms with van der Waals surface area (Å²) < 4.78 is 9.74. The van der Waals surface area contributed by atoms with Crippen LogP contribution in [0, 0.1) is 0 Å². The molecule has 0 aliphatic carbocycles. The lowest BCUT2D eigenvalue weighted by molar-refractivity contribution is 0.318. The fraction of sp³-hybridized carbons (Fsp3) is 0.286. The average Bonchev–Trinajstić information content (AvgIpc) is 2.27. The number of hydrogen-bond acceptors (Lipinski definition) is 6. The summed E-state index contributed by atoms with van der Waals surface area (Å²) in [5.41, 5.74) is 5.31. The average molecular weight is 198 g/mol. The number of rotatable bonds is 3. The van der Waals surface area contributed by atoms with Gasteiger partial charge in [0.2, 0.25) is 23.4 Å². The number of oxime groups is 1. The number of ether oxygens (including phenoxy) is 2. The van der Waals surface area contributed by atoms with E-state index < -0.39 is 0 Å². The third kappa shape index (κ3) is 2.00. The molecular weight excluding hydrogens is 188 g/mol. The van der Waals surface area contributed by atoms with Crippen molar-refractivity contribution in [2.75, 3.05) is 14.2 Å². The minimum absolute atomic E-state index is 0.0451. The van der Waals surface area contributed by atoms with Gasteiger partial charge in [0.15, 0.2) is 0 Å². The van der Waals surface area contributed by atoms with Crippen molar-refractivity contribution in [2.24, 2.45) is 10.9 Å². The molecule has 0 aromatic carbocycles. The van der Waals surface area contributed by atoms with Crippen molar-refractivity contribution in [1.29, 1.82) is 0 Å². The van der Waals surface area contributed by atoms with Crippen molar-refractivity contribution in [1.82, 2.24) is 9.97 Å². The van der Waals surface area contributed by atoms with Crippen molar-refractivity contribution in [2.45, 2.75) is 0 Å². The Kier molecular flexibility index (Phi) is 3.05. The van der Waals surface area contributed by atoms with E-state index in [0.29, 0.717) is 0 Å². The second kappa shape index (κ2) is 4.26. The Bertz CT molecular complexity index is 331. The molecule has 0 unspecified atom stereocenters. The van der Waals surface area contributed by atoms with Gasteiger partial charge in [0.25, 0.3) is 0 Å². The van der Waals surface area contributed by atoms with Gasteiger partial charge in [0, 0.05) is 0 Å². The molecule has 3 N–H and O–H groups in total. The summed E-state index contributed by atoms with van der Waals surface area (Å²) in [5.74, 6) is 0.391. The highest BCUT2D eigenvalue weighted by molar-refractivity contribution is 5.93. The van der Waals surface area contributed by atoms with Gasteiger partial charge in [0.05, 0.1) is 20.3 Å². The van der Waals surface area contributed by atoms with Crippen molar-refractivity contribution in [3.05, 3.63) is 11.9 Å². The van der Waals surface area contributed by atoms with Crippen molar-refractivity contribution < 1.29 is 14.7 Å². The van der Waals surface area contributed by atoms with Gasteiger partial charge in [-0.25, -0.2) is 0 Å². The van der Waals surface area contributed by atoms with Crippen LogP contribution in [0.25, 0.3) is 0 Å². The van der Waals surface area contributed by atoms with Crippen LogP contribution in [0.1, 0.15) is 5.82 Å². The van der Waals surface area contributed by atoms with Crippen LogP contribution >= 0.6 is 0 Å². The van der Waals surface area contributed by atoms with Gasteiger partial charge in [-0.1, -0.05) is 5.16 Å². The van der Waals surface area contributed by atoms with Gasteiger partial charge in [-0.15, -0.1) is 0 Å². The van der Waals surface area contributed by atoms with E-state index in [4.69, 9.17) is 20.4 Å². The highest BCUT2D eigenvalue weighted by atomic mass is 16.5. The lowest BCUT2D eigenvalue weighted by Gasteiger charge is -2.04. The molecule has 1 heterocycles. The third-order valence-electron chi connectivity index (χ3n) is 1.43. The van der Waals surface area contributed by atoms with E-state index in [2.05, 4.69) is 15.1 Å². The third-order valence-corrected chi connectivity index (χ3v) is 1.43. The second-order valence-electron chi connectivity index (χ2n) is 2.26. The van der Waals surface area contributed by atoms with Crippen molar-refractivity contribution in [3.8, 4) is 11.8 Å². The minimum atomic E-state index is -0.206. The number of methoxy groups -OCH3 is 2. The van der Waals surface area contributed by atoms with E-state index >= 15 is 0 Å². The Morgan fingerprint density at radius 3 is 2.21 bits per heavy atom. The number of nitrogens with zero attached hydrogens (tertiary/aromatic N) is 3. The highest BCUT2D eigenvalue weighted by Gasteiger charge is 2.08. The van der Waals surface area contributed by atoms with Crippen LogP contribution in [0.5, 0.6) is 11.8 Å². The SMILES string of the molecule is COc1cc(OC)nc(/C(N)=N/O)n1. The van der Waals surface area contributed by atoms with Crippen molar-refractivity contribution >= 4 is 5.84 Å². The molecule has 1 aromatic rings. The van der Waals surface area contributed by atoms with E-state index in [1.165, 1.54) is 20.3 Å². The standard InChI is InChI=1S/C7H10N4O3/c1-13-4-3-5(14-2)10-7(9-4)6(8)11-12/h3,12H,1-2H3,(H2,8,11). The van der Waals surface area contributed by atoms with Crippen LogP contribution < -0.4 is 15.2 Å². The summed E-state index contributed by atoms with van der Waals surface area (Å²) in [7, 11) is 2.88. The first-order chi connectivity index (χ1) is 6.71. The molecule has 0 bridgehead atoms. The smallest absolute Gasteiger partial charge is 0.220 e. The molecule has 0 fully saturated rings. The fourth-order valence-corrected chi connectivity index (χ4v) is 0.772.